The minimum atomic E-state index is 0.00141. The van der Waals surface area contributed by atoms with E-state index in [9.17, 15) is 5.11 Å². The van der Waals surface area contributed by atoms with Crippen molar-refractivity contribution >= 4 is 0 Å². The van der Waals surface area contributed by atoms with Crippen LogP contribution in [0.5, 0.6) is 11.6 Å². The fraction of sp³-hybridized carbons (Fsp3) is 0.389. The molecule has 0 radical (unpaired) electrons. The number of nitrogens with zero attached hydrogens (tertiary/aromatic N) is 1. The SMILES string of the molecule is CCCc1cc(CO)cc(Oc2ccccc2C(C)C)n1. The molecule has 112 valence electrons. The summed E-state index contributed by atoms with van der Waals surface area (Å²) < 4.78 is 5.98. The van der Waals surface area contributed by atoms with Crippen LogP contribution >= 0.6 is 0 Å². The summed E-state index contributed by atoms with van der Waals surface area (Å²) in [6.07, 6.45) is 1.90. The zero-order valence-corrected chi connectivity index (χ0v) is 13.0. The topological polar surface area (TPSA) is 42.4 Å². The van der Waals surface area contributed by atoms with Gasteiger partial charge >= 0.3 is 0 Å². The zero-order chi connectivity index (χ0) is 15.2. The first-order valence-corrected chi connectivity index (χ1v) is 7.51. The van der Waals surface area contributed by atoms with Crippen LogP contribution < -0.4 is 4.74 Å². The van der Waals surface area contributed by atoms with Gasteiger partial charge in [0, 0.05) is 11.8 Å². The summed E-state index contributed by atoms with van der Waals surface area (Å²) in [6.45, 7) is 6.40. The van der Waals surface area contributed by atoms with Crippen molar-refractivity contribution in [2.45, 2.75) is 46.1 Å². The van der Waals surface area contributed by atoms with Crippen LogP contribution in [0, 0.1) is 0 Å². The Labute approximate surface area is 126 Å². The first-order valence-electron chi connectivity index (χ1n) is 7.51. The van der Waals surface area contributed by atoms with Crippen molar-refractivity contribution in [3.63, 3.8) is 0 Å². The molecule has 3 nitrogen and oxygen atoms in total. The molecule has 1 aromatic heterocycles. The number of aliphatic hydroxyl groups is 1. The average Bonchev–Trinajstić information content (AvgIpc) is 2.47. The van der Waals surface area contributed by atoms with Gasteiger partial charge in [0.05, 0.1) is 6.61 Å². The number of aliphatic hydroxyl groups excluding tert-OH is 1. The van der Waals surface area contributed by atoms with Gasteiger partial charge in [0.1, 0.15) is 5.75 Å². The maximum atomic E-state index is 9.38. The molecule has 0 fully saturated rings. The third kappa shape index (κ3) is 4.05. The summed E-state index contributed by atoms with van der Waals surface area (Å²) >= 11 is 0. The largest absolute Gasteiger partial charge is 0.439 e. The van der Waals surface area contributed by atoms with E-state index in [1.54, 1.807) is 6.07 Å². The number of hydrogen-bond donors (Lipinski definition) is 1. The number of rotatable bonds is 6. The van der Waals surface area contributed by atoms with Crippen molar-refractivity contribution < 1.29 is 9.84 Å². The Bertz CT molecular complexity index is 594. The van der Waals surface area contributed by atoms with E-state index in [0.717, 1.165) is 35.4 Å². The molecule has 0 atom stereocenters. The van der Waals surface area contributed by atoms with Crippen molar-refractivity contribution in [2.75, 3.05) is 0 Å². The fourth-order valence-corrected chi connectivity index (χ4v) is 2.31. The maximum Gasteiger partial charge on any atom is 0.219 e. The Kier molecular flexibility index (Phi) is 5.34. The number of aromatic nitrogens is 1. The predicted molar refractivity (Wildman–Crippen MR) is 84.8 cm³/mol. The summed E-state index contributed by atoms with van der Waals surface area (Å²) in [5.41, 5.74) is 2.96. The van der Waals surface area contributed by atoms with Crippen LogP contribution in [0.2, 0.25) is 0 Å². The van der Waals surface area contributed by atoms with Crippen LogP contribution in [0.25, 0.3) is 0 Å². The number of benzene rings is 1. The van der Waals surface area contributed by atoms with Crippen LogP contribution in [-0.2, 0) is 13.0 Å². The van der Waals surface area contributed by atoms with E-state index in [1.807, 2.05) is 24.3 Å². The normalized spacial score (nSPS) is 10.9. The van der Waals surface area contributed by atoms with Gasteiger partial charge in [0.15, 0.2) is 0 Å². The molecule has 2 rings (SSSR count). The second-order valence-corrected chi connectivity index (χ2v) is 5.51. The van der Waals surface area contributed by atoms with Gasteiger partial charge in [-0.25, -0.2) is 4.98 Å². The molecule has 0 bridgehead atoms. The molecule has 0 unspecified atom stereocenters. The Morgan fingerprint density at radius 2 is 1.95 bits per heavy atom. The lowest BCUT2D eigenvalue weighted by Crippen LogP contribution is -1.99. The zero-order valence-electron chi connectivity index (χ0n) is 13.0. The third-order valence-corrected chi connectivity index (χ3v) is 3.36. The van der Waals surface area contributed by atoms with Gasteiger partial charge in [-0.1, -0.05) is 45.4 Å². The second kappa shape index (κ2) is 7.23. The number of pyridine rings is 1. The molecule has 0 aliphatic heterocycles. The lowest BCUT2D eigenvalue weighted by atomic mass is 10.0. The lowest BCUT2D eigenvalue weighted by Gasteiger charge is -2.14. The van der Waals surface area contributed by atoms with Gasteiger partial charge in [-0.05, 0) is 35.6 Å². The molecule has 0 aliphatic rings. The van der Waals surface area contributed by atoms with E-state index in [0.29, 0.717) is 11.8 Å². The van der Waals surface area contributed by atoms with Crippen LogP contribution in [0.4, 0.5) is 0 Å². The van der Waals surface area contributed by atoms with Crippen molar-refractivity contribution in [3.8, 4) is 11.6 Å². The Hall–Kier alpha value is -1.87. The number of hydrogen-bond acceptors (Lipinski definition) is 3. The van der Waals surface area contributed by atoms with Gasteiger partial charge in [-0.2, -0.15) is 0 Å². The smallest absolute Gasteiger partial charge is 0.219 e. The average molecular weight is 285 g/mol. The van der Waals surface area contributed by atoms with Gasteiger partial charge in [-0.15, -0.1) is 0 Å². The molecule has 0 aliphatic carbocycles. The van der Waals surface area contributed by atoms with E-state index in [2.05, 4.69) is 31.8 Å². The van der Waals surface area contributed by atoms with Crippen molar-refractivity contribution in [1.29, 1.82) is 0 Å². The Balaban J connectivity index is 2.32. The molecule has 2 aromatic rings. The first-order chi connectivity index (χ1) is 10.1. The predicted octanol–water partition coefficient (Wildman–Crippen LogP) is 4.44. The van der Waals surface area contributed by atoms with E-state index in [1.165, 1.54) is 0 Å². The van der Waals surface area contributed by atoms with Gasteiger partial charge in [0.25, 0.3) is 0 Å². The van der Waals surface area contributed by atoms with Gasteiger partial charge < -0.3 is 9.84 Å². The van der Waals surface area contributed by atoms with Gasteiger partial charge in [0.2, 0.25) is 5.88 Å². The Morgan fingerprint density at radius 3 is 2.62 bits per heavy atom. The maximum absolute atomic E-state index is 9.38. The summed E-state index contributed by atoms with van der Waals surface area (Å²) in [6, 6.07) is 11.7. The van der Waals surface area contributed by atoms with Crippen molar-refractivity contribution in [1.82, 2.24) is 4.98 Å². The highest BCUT2D eigenvalue weighted by Crippen LogP contribution is 2.30. The minimum absolute atomic E-state index is 0.00141. The van der Waals surface area contributed by atoms with Crippen LogP contribution in [0.3, 0.4) is 0 Å². The fourth-order valence-electron chi connectivity index (χ4n) is 2.31. The summed E-state index contributed by atoms with van der Waals surface area (Å²) in [5.74, 6) is 1.77. The molecule has 1 heterocycles. The summed E-state index contributed by atoms with van der Waals surface area (Å²) in [5, 5.41) is 9.38. The van der Waals surface area contributed by atoms with Crippen molar-refractivity contribution in [3.05, 3.63) is 53.2 Å². The molecular weight excluding hydrogens is 262 g/mol. The molecule has 3 heteroatoms. The summed E-state index contributed by atoms with van der Waals surface area (Å²) in [4.78, 5) is 4.53. The van der Waals surface area contributed by atoms with Crippen LogP contribution in [0.1, 0.15) is 49.9 Å². The third-order valence-electron chi connectivity index (χ3n) is 3.36. The first kappa shape index (κ1) is 15.5. The van der Waals surface area contributed by atoms with E-state index < -0.39 is 0 Å². The highest BCUT2D eigenvalue weighted by molar-refractivity contribution is 5.39. The van der Waals surface area contributed by atoms with Crippen molar-refractivity contribution in [2.24, 2.45) is 0 Å². The summed E-state index contributed by atoms with van der Waals surface area (Å²) in [7, 11) is 0. The molecule has 0 saturated heterocycles. The molecule has 0 saturated carbocycles. The molecule has 0 amide bonds. The second-order valence-electron chi connectivity index (χ2n) is 5.51. The molecule has 21 heavy (non-hydrogen) atoms. The van der Waals surface area contributed by atoms with E-state index >= 15 is 0 Å². The van der Waals surface area contributed by atoms with E-state index in [4.69, 9.17) is 4.74 Å². The number of para-hydroxylation sites is 1. The minimum Gasteiger partial charge on any atom is -0.439 e. The molecule has 1 aromatic carbocycles. The monoisotopic (exact) mass is 285 g/mol. The van der Waals surface area contributed by atoms with Crippen LogP contribution in [-0.4, -0.2) is 10.1 Å². The number of ether oxygens (including phenoxy) is 1. The standard InChI is InChI=1S/C18H23NO2/c1-4-7-15-10-14(12-20)11-18(19-15)21-17-9-6-5-8-16(17)13(2)3/h5-6,8-11,13,20H,4,7,12H2,1-3H3. The lowest BCUT2D eigenvalue weighted by molar-refractivity contribution is 0.280. The Morgan fingerprint density at radius 1 is 1.19 bits per heavy atom. The van der Waals surface area contributed by atoms with Crippen LogP contribution in [0.15, 0.2) is 36.4 Å². The molecule has 0 spiro atoms. The van der Waals surface area contributed by atoms with Gasteiger partial charge in [-0.3, -0.25) is 0 Å². The quantitative estimate of drug-likeness (QED) is 0.853. The highest BCUT2D eigenvalue weighted by atomic mass is 16.5. The molecule has 1 N–H and O–H groups in total. The van der Waals surface area contributed by atoms with E-state index in [-0.39, 0.29) is 6.61 Å². The highest BCUT2D eigenvalue weighted by Gasteiger charge is 2.10. The molecular formula is C18H23NO2. The number of aryl methyl sites for hydroxylation is 1.